The number of methoxy groups -OCH3 is 1. The molecule has 0 aliphatic rings. The minimum atomic E-state index is 0.776. The molecule has 2 nitrogen and oxygen atoms in total. The normalized spacial score (nSPS) is 9.86. The summed E-state index contributed by atoms with van der Waals surface area (Å²) in [6.07, 6.45) is 2.23. The molecule has 0 saturated carbocycles. The van der Waals surface area contributed by atoms with Gasteiger partial charge in [-0.25, -0.2) is 0 Å². The van der Waals surface area contributed by atoms with E-state index in [2.05, 4.69) is 15.9 Å². The summed E-state index contributed by atoms with van der Waals surface area (Å²) in [5.41, 5.74) is 0. The fourth-order valence-corrected chi connectivity index (χ4v) is 1.46. The van der Waals surface area contributed by atoms with Gasteiger partial charge in [0.15, 0.2) is 0 Å². The third kappa shape index (κ3) is 4.01. The van der Waals surface area contributed by atoms with Gasteiger partial charge in [0.2, 0.25) is 0 Å². The quantitative estimate of drug-likeness (QED) is 0.576. The van der Waals surface area contributed by atoms with Crippen molar-refractivity contribution >= 4 is 15.9 Å². The van der Waals surface area contributed by atoms with Crippen molar-refractivity contribution in [1.82, 2.24) is 0 Å². The summed E-state index contributed by atoms with van der Waals surface area (Å²) in [5, 5.41) is 1.04. The van der Waals surface area contributed by atoms with E-state index in [0.29, 0.717) is 0 Å². The molecule has 0 atom stereocenters. The number of alkyl halides is 1. The highest BCUT2D eigenvalue weighted by atomic mass is 79.9. The number of hydrogen-bond donors (Lipinski definition) is 0. The van der Waals surface area contributed by atoms with Crippen molar-refractivity contribution in [3.63, 3.8) is 0 Å². The predicted molar refractivity (Wildman–Crippen MR) is 61.5 cm³/mol. The second-order valence-electron chi connectivity index (χ2n) is 2.92. The minimum Gasteiger partial charge on any atom is -0.497 e. The van der Waals surface area contributed by atoms with Crippen LogP contribution in [0, 0.1) is 0 Å². The molecular weight excluding hydrogens is 244 g/mol. The van der Waals surface area contributed by atoms with Crippen molar-refractivity contribution in [2.24, 2.45) is 0 Å². The first-order valence-corrected chi connectivity index (χ1v) is 5.82. The molecule has 78 valence electrons. The van der Waals surface area contributed by atoms with E-state index in [1.54, 1.807) is 7.11 Å². The lowest BCUT2D eigenvalue weighted by atomic mass is 10.3. The van der Waals surface area contributed by atoms with Crippen molar-refractivity contribution < 1.29 is 9.47 Å². The fraction of sp³-hybridized carbons (Fsp3) is 0.455. The van der Waals surface area contributed by atoms with Crippen molar-refractivity contribution in [1.29, 1.82) is 0 Å². The Bertz CT molecular complexity index is 246. The highest BCUT2D eigenvalue weighted by Crippen LogP contribution is 2.17. The molecule has 0 fully saturated rings. The molecule has 0 aliphatic heterocycles. The van der Waals surface area contributed by atoms with Crippen molar-refractivity contribution in [3.8, 4) is 11.5 Å². The maximum atomic E-state index is 5.53. The van der Waals surface area contributed by atoms with Gasteiger partial charge in [0, 0.05) is 5.33 Å². The van der Waals surface area contributed by atoms with E-state index < -0.39 is 0 Å². The average Bonchev–Trinajstić information content (AvgIpc) is 2.25. The van der Waals surface area contributed by atoms with Crippen LogP contribution in [0.5, 0.6) is 11.5 Å². The number of halogens is 1. The van der Waals surface area contributed by atoms with E-state index in [9.17, 15) is 0 Å². The Morgan fingerprint density at radius 2 is 1.71 bits per heavy atom. The summed E-state index contributed by atoms with van der Waals surface area (Å²) in [5.74, 6) is 1.76. The first-order valence-electron chi connectivity index (χ1n) is 4.69. The third-order valence-electron chi connectivity index (χ3n) is 1.86. The molecule has 0 aliphatic carbocycles. The number of ether oxygens (including phenoxy) is 2. The number of unbranched alkanes of at least 4 members (excludes halogenated alkanes) is 1. The van der Waals surface area contributed by atoms with Crippen LogP contribution in [0.2, 0.25) is 0 Å². The molecule has 0 heterocycles. The molecule has 14 heavy (non-hydrogen) atoms. The summed E-state index contributed by atoms with van der Waals surface area (Å²) in [6.45, 7) is 0.776. The van der Waals surface area contributed by atoms with Crippen LogP contribution in [0.3, 0.4) is 0 Å². The standard InChI is InChI=1S/C11H15BrO2/c1-13-10-4-6-11(7-5-10)14-9-3-2-8-12/h4-7H,2-3,8-9H2,1H3. The molecule has 0 spiro atoms. The lowest BCUT2D eigenvalue weighted by molar-refractivity contribution is 0.309. The molecule has 0 N–H and O–H groups in total. The van der Waals surface area contributed by atoms with Gasteiger partial charge in [-0.1, -0.05) is 15.9 Å². The van der Waals surface area contributed by atoms with E-state index >= 15 is 0 Å². The molecule has 3 heteroatoms. The number of rotatable bonds is 6. The Kier molecular flexibility index (Phi) is 5.45. The molecule has 0 saturated heterocycles. The molecule has 1 aromatic carbocycles. The van der Waals surface area contributed by atoms with Crippen molar-refractivity contribution in [3.05, 3.63) is 24.3 Å². The summed E-state index contributed by atoms with van der Waals surface area (Å²) in [7, 11) is 1.66. The van der Waals surface area contributed by atoms with E-state index in [1.807, 2.05) is 24.3 Å². The van der Waals surface area contributed by atoms with Gasteiger partial charge in [-0.15, -0.1) is 0 Å². The molecule has 0 unspecified atom stereocenters. The van der Waals surface area contributed by atoms with Gasteiger partial charge in [-0.05, 0) is 37.1 Å². The highest BCUT2D eigenvalue weighted by Gasteiger charge is 1.94. The maximum Gasteiger partial charge on any atom is 0.119 e. The Balaban J connectivity index is 2.29. The summed E-state index contributed by atoms with van der Waals surface area (Å²) in [4.78, 5) is 0. The van der Waals surface area contributed by atoms with Gasteiger partial charge < -0.3 is 9.47 Å². The minimum absolute atomic E-state index is 0.776. The molecule has 0 aromatic heterocycles. The summed E-state index contributed by atoms with van der Waals surface area (Å²) < 4.78 is 10.6. The number of hydrogen-bond acceptors (Lipinski definition) is 2. The number of benzene rings is 1. The van der Waals surface area contributed by atoms with Gasteiger partial charge in [-0.3, -0.25) is 0 Å². The Morgan fingerprint density at radius 1 is 1.07 bits per heavy atom. The summed E-state index contributed by atoms with van der Waals surface area (Å²) in [6, 6.07) is 7.65. The van der Waals surface area contributed by atoms with E-state index in [4.69, 9.17) is 9.47 Å². The zero-order valence-electron chi connectivity index (χ0n) is 8.33. The van der Waals surface area contributed by atoms with Crippen LogP contribution in [0.4, 0.5) is 0 Å². The lowest BCUT2D eigenvalue weighted by Gasteiger charge is -2.05. The molecule has 0 bridgehead atoms. The molecular formula is C11H15BrO2. The monoisotopic (exact) mass is 258 g/mol. The topological polar surface area (TPSA) is 18.5 Å². The van der Waals surface area contributed by atoms with Crippen molar-refractivity contribution in [2.45, 2.75) is 12.8 Å². The Morgan fingerprint density at radius 3 is 2.29 bits per heavy atom. The molecule has 1 aromatic rings. The van der Waals surface area contributed by atoms with E-state index in [-0.39, 0.29) is 0 Å². The first kappa shape index (κ1) is 11.4. The average molecular weight is 259 g/mol. The van der Waals surface area contributed by atoms with Gasteiger partial charge in [0.1, 0.15) is 11.5 Å². The third-order valence-corrected chi connectivity index (χ3v) is 2.42. The van der Waals surface area contributed by atoms with Crippen LogP contribution in [-0.4, -0.2) is 19.0 Å². The van der Waals surface area contributed by atoms with Gasteiger partial charge >= 0.3 is 0 Å². The first-order chi connectivity index (χ1) is 6.86. The van der Waals surface area contributed by atoms with Gasteiger partial charge in [-0.2, -0.15) is 0 Å². The van der Waals surface area contributed by atoms with Crippen LogP contribution in [-0.2, 0) is 0 Å². The zero-order chi connectivity index (χ0) is 10.2. The molecule has 0 amide bonds. The van der Waals surface area contributed by atoms with Gasteiger partial charge in [0.25, 0.3) is 0 Å². The zero-order valence-corrected chi connectivity index (χ0v) is 9.92. The van der Waals surface area contributed by atoms with E-state index in [0.717, 1.165) is 36.3 Å². The van der Waals surface area contributed by atoms with Crippen LogP contribution < -0.4 is 9.47 Å². The van der Waals surface area contributed by atoms with Crippen LogP contribution in [0.1, 0.15) is 12.8 Å². The van der Waals surface area contributed by atoms with Gasteiger partial charge in [0.05, 0.1) is 13.7 Å². The van der Waals surface area contributed by atoms with E-state index in [1.165, 1.54) is 0 Å². The van der Waals surface area contributed by atoms with Crippen LogP contribution in [0.25, 0.3) is 0 Å². The largest absolute Gasteiger partial charge is 0.497 e. The maximum absolute atomic E-state index is 5.53. The fourth-order valence-electron chi connectivity index (χ4n) is 1.06. The molecule has 0 radical (unpaired) electrons. The SMILES string of the molecule is COc1ccc(OCCCCBr)cc1. The second-order valence-corrected chi connectivity index (χ2v) is 3.71. The van der Waals surface area contributed by atoms with Crippen LogP contribution in [0.15, 0.2) is 24.3 Å². The second kappa shape index (κ2) is 6.71. The van der Waals surface area contributed by atoms with Crippen molar-refractivity contribution in [2.75, 3.05) is 19.0 Å². The summed E-state index contributed by atoms with van der Waals surface area (Å²) >= 11 is 3.38. The predicted octanol–water partition coefficient (Wildman–Crippen LogP) is 3.25. The Hall–Kier alpha value is -0.700. The highest BCUT2D eigenvalue weighted by molar-refractivity contribution is 9.09. The molecule has 1 rings (SSSR count). The Labute approximate surface area is 93.4 Å². The lowest BCUT2D eigenvalue weighted by Crippen LogP contribution is -1.97. The smallest absolute Gasteiger partial charge is 0.119 e. The van der Waals surface area contributed by atoms with Crippen LogP contribution >= 0.6 is 15.9 Å².